The smallest absolute Gasteiger partial charge is 0.258 e. The van der Waals surface area contributed by atoms with Crippen LogP contribution in [0.4, 0.5) is 5.69 Å². The van der Waals surface area contributed by atoms with Gasteiger partial charge in [-0.1, -0.05) is 17.3 Å². The Morgan fingerprint density at radius 1 is 1.15 bits per heavy atom. The van der Waals surface area contributed by atoms with Gasteiger partial charge in [-0.05, 0) is 55.0 Å². The maximum Gasteiger partial charge on any atom is 0.258 e. The molecule has 0 unspecified atom stereocenters. The van der Waals surface area contributed by atoms with E-state index in [1.165, 1.54) is 19.1 Å². The van der Waals surface area contributed by atoms with E-state index >= 15 is 0 Å². The zero-order valence-electron chi connectivity index (χ0n) is 15.2. The van der Waals surface area contributed by atoms with Crippen molar-refractivity contribution >= 4 is 17.8 Å². The predicted molar refractivity (Wildman–Crippen MR) is 102 cm³/mol. The maximum atomic E-state index is 12.9. The number of rotatable bonds is 5. The van der Waals surface area contributed by atoms with Crippen molar-refractivity contribution in [3.8, 4) is 11.5 Å². The molecular weight excluding hydrogens is 344 g/mol. The van der Waals surface area contributed by atoms with Crippen LogP contribution < -0.4 is 14.4 Å². The highest BCUT2D eigenvalue weighted by Crippen LogP contribution is 2.37. The average molecular weight is 366 g/mol. The van der Waals surface area contributed by atoms with Crippen molar-refractivity contribution in [3.05, 3.63) is 53.1 Å². The lowest BCUT2D eigenvalue weighted by Gasteiger charge is -2.20. The summed E-state index contributed by atoms with van der Waals surface area (Å²) in [5.74, 6) is 1.28. The Morgan fingerprint density at radius 2 is 1.96 bits per heavy atom. The molecule has 2 aliphatic rings. The first-order valence-corrected chi connectivity index (χ1v) is 9.16. The second kappa shape index (κ2) is 7.31. The third kappa shape index (κ3) is 3.35. The van der Waals surface area contributed by atoms with Crippen LogP contribution in [-0.2, 0) is 6.54 Å². The van der Waals surface area contributed by atoms with Crippen LogP contribution >= 0.6 is 0 Å². The van der Waals surface area contributed by atoms with Crippen molar-refractivity contribution < 1.29 is 19.5 Å². The summed E-state index contributed by atoms with van der Waals surface area (Å²) in [4.78, 5) is 14.6. The molecule has 4 rings (SSSR count). The number of amides is 1. The van der Waals surface area contributed by atoms with Crippen LogP contribution in [0, 0.1) is 0 Å². The number of fused-ring (bicyclic) bond motifs is 1. The number of oxime groups is 1. The fraction of sp³-hybridized carbons (Fsp3) is 0.333. The number of nitrogens with zero attached hydrogens (tertiary/aromatic N) is 2. The normalized spacial score (nSPS) is 16.9. The number of methoxy groups -OCH3 is 1. The van der Waals surface area contributed by atoms with Gasteiger partial charge in [0.15, 0.2) is 11.5 Å². The molecule has 1 aliphatic heterocycles. The van der Waals surface area contributed by atoms with Crippen molar-refractivity contribution in [2.75, 3.05) is 12.0 Å². The van der Waals surface area contributed by atoms with Gasteiger partial charge in [-0.2, -0.15) is 0 Å². The first-order valence-electron chi connectivity index (χ1n) is 9.16. The Morgan fingerprint density at radius 3 is 2.70 bits per heavy atom. The van der Waals surface area contributed by atoms with Gasteiger partial charge in [0.2, 0.25) is 0 Å². The summed E-state index contributed by atoms with van der Waals surface area (Å²) in [5, 5.41) is 11.7. The quantitative estimate of drug-likeness (QED) is 0.493. The Hall–Kier alpha value is -3.02. The van der Waals surface area contributed by atoms with Crippen molar-refractivity contribution in [1.29, 1.82) is 0 Å². The van der Waals surface area contributed by atoms with Gasteiger partial charge in [-0.15, -0.1) is 0 Å². The largest absolute Gasteiger partial charge is 0.493 e. The molecule has 0 radical (unpaired) electrons. The molecule has 27 heavy (non-hydrogen) atoms. The Labute approximate surface area is 158 Å². The van der Waals surface area contributed by atoms with E-state index in [-0.39, 0.29) is 12.0 Å². The third-order valence-electron chi connectivity index (χ3n) is 5.20. The molecule has 1 saturated carbocycles. The Bertz CT molecular complexity index is 888. The van der Waals surface area contributed by atoms with Gasteiger partial charge in [0.1, 0.15) is 0 Å². The molecule has 1 aliphatic carbocycles. The molecule has 6 heteroatoms. The van der Waals surface area contributed by atoms with E-state index in [1.807, 2.05) is 30.3 Å². The minimum Gasteiger partial charge on any atom is -0.493 e. The zero-order chi connectivity index (χ0) is 18.8. The SMILES string of the molecule is COc1ccc(N2Cc3ccc(/C=N/O)cc3C2=O)cc1OC1CCCC1. The second-order valence-corrected chi connectivity index (χ2v) is 6.91. The molecule has 1 fully saturated rings. The molecule has 0 aromatic heterocycles. The number of carbonyl (C=O) groups excluding carboxylic acids is 1. The van der Waals surface area contributed by atoms with E-state index in [2.05, 4.69) is 5.16 Å². The number of ether oxygens (including phenoxy) is 2. The fourth-order valence-electron chi connectivity index (χ4n) is 3.79. The number of hydrogen-bond acceptors (Lipinski definition) is 5. The summed E-state index contributed by atoms with van der Waals surface area (Å²) < 4.78 is 11.6. The van der Waals surface area contributed by atoms with Gasteiger partial charge in [0, 0.05) is 17.3 Å². The monoisotopic (exact) mass is 366 g/mol. The first kappa shape index (κ1) is 17.4. The number of benzene rings is 2. The van der Waals surface area contributed by atoms with Crippen LogP contribution in [0.1, 0.15) is 47.2 Å². The van der Waals surface area contributed by atoms with E-state index in [0.717, 1.165) is 24.1 Å². The van der Waals surface area contributed by atoms with E-state index in [4.69, 9.17) is 14.7 Å². The van der Waals surface area contributed by atoms with E-state index < -0.39 is 0 Å². The number of anilines is 1. The third-order valence-corrected chi connectivity index (χ3v) is 5.20. The molecule has 0 saturated heterocycles. The summed E-state index contributed by atoms with van der Waals surface area (Å²) in [6, 6.07) is 11.1. The molecule has 1 N–H and O–H groups in total. The maximum absolute atomic E-state index is 12.9. The lowest BCUT2D eigenvalue weighted by Crippen LogP contribution is -2.23. The molecule has 6 nitrogen and oxygen atoms in total. The summed E-state index contributed by atoms with van der Waals surface area (Å²) in [6.07, 6.45) is 6.00. The summed E-state index contributed by atoms with van der Waals surface area (Å²) >= 11 is 0. The van der Waals surface area contributed by atoms with E-state index in [0.29, 0.717) is 29.2 Å². The van der Waals surface area contributed by atoms with E-state index in [1.54, 1.807) is 18.1 Å². The van der Waals surface area contributed by atoms with Crippen molar-refractivity contribution in [2.45, 2.75) is 38.3 Å². The summed E-state index contributed by atoms with van der Waals surface area (Å²) in [7, 11) is 1.62. The average Bonchev–Trinajstić information content (AvgIpc) is 3.30. The first-order chi connectivity index (χ1) is 13.2. The fourth-order valence-corrected chi connectivity index (χ4v) is 3.79. The van der Waals surface area contributed by atoms with Crippen molar-refractivity contribution in [3.63, 3.8) is 0 Å². The van der Waals surface area contributed by atoms with Crippen LogP contribution in [0.25, 0.3) is 0 Å². The van der Waals surface area contributed by atoms with Gasteiger partial charge >= 0.3 is 0 Å². The molecule has 1 amide bonds. The zero-order valence-corrected chi connectivity index (χ0v) is 15.2. The highest BCUT2D eigenvalue weighted by molar-refractivity contribution is 6.10. The van der Waals surface area contributed by atoms with Gasteiger partial charge < -0.3 is 19.6 Å². The molecule has 140 valence electrons. The Balaban J connectivity index is 1.62. The molecule has 0 spiro atoms. The number of carbonyl (C=O) groups is 1. The Kier molecular flexibility index (Phi) is 4.71. The van der Waals surface area contributed by atoms with Crippen LogP contribution in [0.5, 0.6) is 11.5 Å². The van der Waals surface area contributed by atoms with Crippen molar-refractivity contribution in [1.82, 2.24) is 0 Å². The van der Waals surface area contributed by atoms with Gasteiger partial charge in [-0.3, -0.25) is 4.79 Å². The lowest BCUT2D eigenvalue weighted by molar-refractivity contribution is 0.0996. The highest BCUT2D eigenvalue weighted by Gasteiger charge is 2.29. The van der Waals surface area contributed by atoms with Crippen LogP contribution in [0.15, 0.2) is 41.6 Å². The molecule has 0 atom stereocenters. The topological polar surface area (TPSA) is 71.4 Å². The van der Waals surface area contributed by atoms with Crippen LogP contribution in [0.2, 0.25) is 0 Å². The summed E-state index contributed by atoms with van der Waals surface area (Å²) in [6.45, 7) is 0.500. The van der Waals surface area contributed by atoms with Gasteiger partial charge in [-0.25, -0.2) is 0 Å². The number of hydrogen-bond donors (Lipinski definition) is 1. The van der Waals surface area contributed by atoms with E-state index in [9.17, 15) is 4.79 Å². The van der Waals surface area contributed by atoms with Gasteiger partial charge in [0.05, 0.1) is 26.0 Å². The molecular formula is C21H22N2O4. The van der Waals surface area contributed by atoms with Gasteiger partial charge in [0.25, 0.3) is 5.91 Å². The van der Waals surface area contributed by atoms with Crippen LogP contribution in [-0.4, -0.2) is 30.5 Å². The predicted octanol–water partition coefficient (Wildman–Crippen LogP) is 3.99. The molecule has 2 aromatic carbocycles. The van der Waals surface area contributed by atoms with Crippen molar-refractivity contribution in [2.24, 2.45) is 5.16 Å². The minimum atomic E-state index is -0.0739. The lowest BCUT2D eigenvalue weighted by atomic mass is 10.1. The molecule has 2 aromatic rings. The molecule has 0 bridgehead atoms. The standard InChI is InChI=1S/C21H22N2O4/c1-26-19-9-8-16(11-20(19)27-17-4-2-3-5-17)23-13-15-7-6-14(12-22-25)10-18(15)21(23)24/h6-12,17,25H,2-5,13H2,1H3/b22-12+. The minimum absolute atomic E-state index is 0.0739. The van der Waals surface area contributed by atoms with Crippen LogP contribution in [0.3, 0.4) is 0 Å². The highest BCUT2D eigenvalue weighted by atomic mass is 16.5. The molecule has 1 heterocycles. The summed E-state index contributed by atoms with van der Waals surface area (Å²) in [5.41, 5.74) is 3.04. The second-order valence-electron chi connectivity index (χ2n) is 6.91.